The van der Waals surface area contributed by atoms with Gasteiger partial charge in [0.2, 0.25) is 10.0 Å². The van der Waals surface area contributed by atoms with Crippen LogP contribution in [-0.2, 0) is 10.0 Å². The van der Waals surface area contributed by atoms with Crippen LogP contribution >= 0.6 is 11.6 Å². The van der Waals surface area contributed by atoms with E-state index in [0.717, 1.165) is 11.0 Å². The first-order valence-electron chi connectivity index (χ1n) is 6.66. The van der Waals surface area contributed by atoms with Gasteiger partial charge in [0.15, 0.2) is 0 Å². The maximum absolute atomic E-state index is 11.8. The summed E-state index contributed by atoms with van der Waals surface area (Å²) in [5.74, 6) is 0.642. The molecule has 0 saturated carbocycles. The van der Waals surface area contributed by atoms with Gasteiger partial charge >= 0.3 is 0 Å². The lowest BCUT2D eigenvalue weighted by molar-refractivity contribution is 0.323. The van der Waals surface area contributed by atoms with Crippen LogP contribution < -0.4 is 9.46 Å². The maximum Gasteiger partial charge on any atom is 0.233 e. The van der Waals surface area contributed by atoms with Gasteiger partial charge < -0.3 is 4.74 Å². The van der Waals surface area contributed by atoms with E-state index in [4.69, 9.17) is 16.3 Å². The second kappa shape index (κ2) is 7.98. The van der Waals surface area contributed by atoms with Crippen LogP contribution in [0.4, 0.5) is 0 Å². The molecule has 0 atom stereocenters. The summed E-state index contributed by atoms with van der Waals surface area (Å²) in [4.78, 5) is 0. The largest absolute Gasteiger partial charge is 0.492 e. The number of halogens is 1. The van der Waals surface area contributed by atoms with Crippen molar-refractivity contribution in [2.45, 2.75) is 0 Å². The molecule has 0 saturated heterocycles. The molecule has 0 radical (unpaired) electrons. The van der Waals surface area contributed by atoms with E-state index in [1.165, 1.54) is 0 Å². The minimum Gasteiger partial charge on any atom is -0.492 e. The molecule has 0 aliphatic rings. The molecule has 6 heteroatoms. The second-order valence-corrected chi connectivity index (χ2v) is 6.54. The molecule has 2 aromatic rings. The average Bonchev–Trinajstić information content (AvgIpc) is 2.52. The molecule has 0 fully saturated rings. The molecule has 116 valence electrons. The number of nitrogens with one attached hydrogen (secondary N) is 1. The molecule has 2 aromatic carbocycles. The zero-order valence-corrected chi connectivity index (χ0v) is 13.3. The van der Waals surface area contributed by atoms with Crippen LogP contribution in [0.2, 0.25) is 5.02 Å². The molecular formula is C16H16ClNO3S. The van der Waals surface area contributed by atoms with E-state index in [-0.39, 0.29) is 13.2 Å². The van der Waals surface area contributed by atoms with Gasteiger partial charge in [0.05, 0.1) is 0 Å². The highest BCUT2D eigenvalue weighted by atomic mass is 35.5. The van der Waals surface area contributed by atoms with Gasteiger partial charge in [-0.1, -0.05) is 41.9 Å². The van der Waals surface area contributed by atoms with Crippen molar-refractivity contribution in [1.29, 1.82) is 0 Å². The Morgan fingerprint density at radius 1 is 1.05 bits per heavy atom. The fourth-order valence-corrected chi connectivity index (χ4v) is 2.59. The summed E-state index contributed by atoms with van der Waals surface area (Å²) in [6, 6.07) is 16.1. The molecule has 0 unspecified atom stereocenters. The number of hydrogen-bond acceptors (Lipinski definition) is 3. The Morgan fingerprint density at radius 2 is 1.73 bits per heavy atom. The van der Waals surface area contributed by atoms with Crippen molar-refractivity contribution < 1.29 is 13.2 Å². The number of hydrogen-bond donors (Lipinski definition) is 1. The average molecular weight is 338 g/mol. The molecule has 0 aromatic heterocycles. The van der Waals surface area contributed by atoms with Crippen LogP contribution in [0.1, 0.15) is 5.56 Å². The first-order chi connectivity index (χ1) is 10.6. The van der Waals surface area contributed by atoms with Gasteiger partial charge in [-0.25, -0.2) is 13.1 Å². The highest BCUT2D eigenvalue weighted by Crippen LogP contribution is 2.15. The van der Waals surface area contributed by atoms with Crippen molar-refractivity contribution in [2.75, 3.05) is 13.2 Å². The smallest absolute Gasteiger partial charge is 0.233 e. The molecule has 0 spiro atoms. The first kappa shape index (κ1) is 16.5. The lowest BCUT2D eigenvalue weighted by atomic mass is 10.2. The van der Waals surface area contributed by atoms with Crippen LogP contribution in [0.25, 0.3) is 6.08 Å². The van der Waals surface area contributed by atoms with Crippen LogP contribution in [0.5, 0.6) is 5.75 Å². The molecule has 1 N–H and O–H groups in total. The van der Waals surface area contributed by atoms with Gasteiger partial charge in [0, 0.05) is 17.0 Å². The fourth-order valence-electron chi connectivity index (χ4n) is 1.66. The lowest BCUT2D eigenvalue weighted by Crippen LogP contribution is -2.26. The van der Waals surface area contributed by atoms with E-state index in [1.54, 1.807) is 30.3 Å². The first-order valence-corrected chi connectivity index (χ1v) is 8.59. The van der Waals surface area contributed by atoms with Gasteiger partial charge in [-0.15, -0.1) is 0 Å². The normalized spacial score (nSPS) is 11.7. The number of rotatable bonds is 7. The quantitative estimate of drug-likeness (QED) is 0.789. The van der Waals surface area contributed by atoms with Gasteiger partial charge in [-0.2, -0.15) is 0 Å². The van der Waals surface area contributed by atoms with E-state index in [1.807, 2.05) is 30.3 Å². The van der Waals surface area contributed by atoms with E-state index < -0.39 is 10.0 Å². The molecule has 22 heavy (non-hydrogen) atoms. The third-order valence-electron chi connectivity index (χ3n) is 2.73. The minimum atomic E-state index is -3.47. The third-order valence-corrected chi connectivity index (χ3v) is 4.08. The minimum absolute atomic E-state index is 0.185. The number of ether oxygens (including phenoxy) is 1. The van der Waals surface area contributed by atoms with E-state index in [9.17, 15) is 8.42 Å². The predicted molar refractivity (Wildman–Crippen MR) is 89.3 cm³/mol. The van der Waals surface area contributed by atoms with Gasteiger partial charge in [0.1, 0.15) is 12.4 Å². The van der Waals surface area contributed by atoms with E-state index in [0.29, 0.717) is 10.8 Å². The summed E-state index contributed by atoms with van der Waals surface area (Å²) in [6.45, 7) is 0.421. The summed E-state index contributed by atoms with van der Waals surface area (Å²) in [6.07, 6.45) is 1.54. The number of sulfonamides is 1. The Hall–Kier alpha value is -1.82. The van der Waals surface area contributed by atoms with E-state index >= 15 is 0 Å². The second-order valence-electron chi connectivity index (χ2n) is 4.46. The molecule has 0 heterocycles. The Bertz CT molecular complexity index is 713. The van der Waals surface area contributed by atoms with Crippen molar-refractivity contribution in [3.63, 3.8) is 0 Å². The highest BCUT2D eigenvalue weighted by molar-refractivity contribution is 7.92. The standard InChI is InChI=1S/C16H16ClNO3S/c17-15-6-8-16(9-7-15)21-12-11-18-22(19,20)13-10-14-4-2-1-3-5-14/h1-10,13,18H,11-12H2/b13-10+. The summed E-state index contributed by atoms with van der Waals surface area (Å²) in [5, 5.41) is 1.77. The van der Waals surface area contributed by atoms with Crippen LogP contribution in [0.15, 0.2) is 60.0 Å². The van der Waals surface area contributed by atoms with Crippen LogP contribution in [0, 0.1) is 0 Å². The maximum atomic E-state index is 11.8. The zero-order valence-electron chi connectivity index (χ0n) is 11.8. The molecule has 4 nitrogen and oxygen atoms in total. The van der Waals surface area contributed by atoms with Gasteiger partial charge in [0.25, 0.3) is 0 Å². The molecule has 0 amide bonds. The SMILES string of the molecule is O=S(=O)(/C=C/c1ccccc1)NCCOc1ccc(Cl)cc1. The topological polar surface area (TPSA) is 55.4 Å². The Labute approximate surface area is 135 Å². The predicted octanol–water partition coefficient (Wildman–Crippen LogP) is 3.31. The van der Waals surface area contributed by atoms with Crippen LogP contribution in [-0.4, -0.2) is 21.6 Å². The van der Waals surface area contributed by atoms with E-state index in [2.05, 4.69) is 4.72 Å². The summed E-state index contributed by atoms with van der Waals surface area (Å²) in [7, 11) is -3.47. The van der Waals surface area contributed by atoms with Crippen molar-refractivity contribution in [3.8, 4) is 5.75 Å². The lowest BCUT2D eigenvalue weighted by Gasteiger charge is -2.06. The molecule has 2 rings (SSSR count). The Kier molecular flexibility index (Phi) is 6.00. The number of benzene rings is 2. The summed E-state index contributed by atoms with van der Waals surface area (Å²) in [5.41, 5.74) is 0.824. The van der Waals surface area contributed by atoms with Crippen molar-refractivity contribution >= 4 is 27.7 Å². The molecule has 0 bridgehead atoms. The van der Waals surface area contributed by atoms with Crippen molar-refractivity contribution in [3.05, 3.63) is 70.6 Å². The molecule has 0 aliphatic carbocycles. The summed E-state index contributed by atoms with van der Waals surface area (Å²) < 4.78 is 31.4. The zero-order chi connectivity index (χ0) is 15.8. The van der Waals surface area contributed by atoms with Gasteiger partial charge in [-0.3, -0.25) is 0 Å². The molecule has 0 aliphatic heterocycles. The highest BCUT2D eigenvalue weighted by Gasteiger charge is 2.04. The Balaban J connectivity index is 1.78. The Morgan fingerprint density at radius 3 is 2.41 bits per heavy atom. The van der Waals surface area contributed by atoms with Crippen molar-refractivity contribution in [1.82, 2.24) is 4.72 Å². The van der Waals surface area contributed by atoms with Crippen molar-refractivity contribution in [2.24, 2.45) is 0 Å². The van der Waals surface area contributed by atoms with Gasteiger partial charge in [-0.05, 0) is 35.9 Å². The monoisotopic (exact) mass is 337 g/mol. The third kappa shape index (κ3) is 5.89. The molecular weight excluding hydrogens is 322 g/mol. The summed E-state index contributed by atoms with van der Waals surface area (Å²) >= 11 is 5.76. The fraction of sp³-hybridized carbons (Fsp3) is 0.125. The van der Waals surface area contributed by atoms with Crippen LogP contribution in [0.3, 0.4) is 0 Å².